The quantitative estimate of drug-likeness (QED) is 0.774. The van der Waals surface area contributed by atoms with Crippen LogP contribution in [0.5, 0.6) is 0 Å². The maximum absolute atomic E-state index is 14.3. The number of nitrogen functional groups attached to an aromatic ring is 1. The van der Waals surface area contributed by atoms with Crippen molar-refractivity contribution in [2.24, 2.45) is 0 Å². The summed E-state index contributed by atoms with van der Waals surface area (Å²) >= 11 is 0. The number of aromatic nitrogens is 2. The zero-order chi connectivity index (χ0) is 14.1. The number of nitrogens with zero attached hydrogens (tertiary/aromatic N) is 2. The van der Waals surface area contributed by atoms with Gasteiger partial charge in [0.15, 0.2) is 0 Å². The molecule has 0 aliphatic carbocycles. The van der Waals surface area contributed by atoms with E-state index in [0.717, 1.165) is 5.56 Å². The zero-order valence-electron chi connectivity index (χ0n) is 10.8. The number of hydrogen-bond acceptors (Lipinski definition) is 4. The first kappa shape index (κ1) is 12.3. The maximum Gasteiger partial charge on any atom is 0.230 e. The lowest BCUT2D eigenvalue weighted by Gasteiger charge is -2.05. The highest BCUT2D eigenvalue weighted by atomic mass is 19.1. The molecule has 3 rings (SSSR count). The van der Waals surface area contributed by atoms with E-state index < -0.39 is 0 Å². The molecule has 4 nitrogen and oxygen atoms in total. The van der Waals surface area contributed by atoms with Crippen molar-refractivity contribution in [3.63, 3.8) is 0 Å². The molecule has 2 aromatic heterocycles. The van der Waals surface area contributed by atoms with Gasteiger partial charge >= 0.3 is 0 Å². The second-order valence-corrected chi connectivity index (χ2v) is 4.45. The highest BCUT2D eigenvalue weighted by Gasteiger charge is 2.20. The molecule has 20 heavy (non-hydrogen) atoms. The molecule has 0 radical (unpaired) electrons. The molecule has 0 fully saturated rings. The summed E-state index contributed by atoms with van der Waals surface area (Å²) in [5.74, 6) is -0.181. The van der Waals surface area contributed by atoms with Gasteiger partial charge in [0.1, 0.15) is 11.5 Å². The van der Waals surface area contributed by atoms with E-state index in [1.807, 2.05) is 6.07 Å². The minimum Gasteiger partial charge on any atom is -0.367 e. The highest BCUT2D eigenvalue weighted by Crippen LogP contribution is 2.37. The predicted molar refractivity (Wildman–Crippen MR) is 74.3 cm³/mol. The van der Waals surface area contributed by atoms with Crippen molar-refractivity contribution in [1.29, 1.82) is 0 Å². The van der Waals surface area contributed by atoms with Crippen molar-refractivity contribution < 1.29 is 8.91 Å². The second kappa shape index (κ2) is 4.77. The fourth-order valence-corrected chi connectivity index (χ4v) is 2.11. The number of nitrogens with two attached hydrogens (primary N) is 1. The number of rotatable bonds is 2. The maximum atomic E-state index is 14.3. The normalized spacial score (nSPS) is 10.7. The van der Waals surface area contributed by atoms with E-state index in [2.05, 4.69) is 10.1 Å². The van der Waals surface area contributed by atoms with Crippen molar-refractivity contribution in [2.75, 3.05) is 5.73 Å². The Bertz CT molecular complexity index is 753. The Balaban J connectivity index is 2.24. The standard InChI is InChI=1S/C15H12FN3O/c1-9-4-2-6-11(13(9)16)14-12(15(17)20-19-14)10-5-3-7-18-8-10/h2-8H,17H2,1H3. The van der Waals surface area contributed by atoms with Crippen LogP contribution >= 0.6 is 0 Å². The Morgan fingerprint density at radius 3 is 2.80 bits per heavy atom. The lowest BCUT2D eigenvalue weighted by atomic mass is 10.0. The average molecular weight is 269 g/mol. The average Bonchev–Trinajstić information content (AvgIpc) is 2.84. The molecule has 100 valence electrons. The molecule has 1 aromatic carbocycles. The van der Waals surface area contributed by atoms with E-state index in [9.17, 15) is 4.39 Å². The number of benzene rings is 1. The minimum absolute atomic E-state index is 0.147. The van der Waals surface area contributed by atoms with Gasteiger partial charge in [0.25, 0.3) is 0 Å². The highest BCUT2D eigenvalue weighted by molar-refractivity contribution is 5.86. The summed E-state index contributed by atoms with van der Waals surface area (Å²) < 4.78 is 19.3. The van der Waals surface area contributed by atoms with Crippen molar-refractivity contribution in [3.8, 4) is 22.4 Å². The molecule has 0 spiro atoms. The van der Waals surface area contributed by atoms with E-state index in [1.165, 1.54) is 0 Å². The summed E-state index contributed by atoms with van der Waals surface area (Å²) in [6, 6.07) is 8.72. The van der Waals surface area contributed by atoms with Crippen LogP contribution in [0, 0.1) is 12.7 Å². The largest absolute Gasteiger partial charge is 0.367 e. The molecule has 2 N–H and O–H groups in total. The fraction of sp³-hybridized carbons (Fsp3) is 0.0667. The monoisotopic (exact) mass is 269 g/mol. The molecule has 5 heteroatoms. The molecule has 0 saturated heterocycles. The molecule has 0 saturated carbocycles. The number of halogens is 1. The zero-order valence-corrected chi connectivity index (χ0v) is 10.8. The number of pyridine rings is 1. The molecule has 0 bridgehead atoms. The Hall–Kier alpha value is -2.69. The molecule has 3 aromatic rings. The summed E-state index contributed by atoms with van der Waals surface area (Å²) in [5, 5.41) is 3.90. The van der Waals surface area contributed by atoms with Crippen molar-refractivity contribution >= 4 is 5.88 Å². The first-order chi connectivity index (χ1) is 9.68. The molecular weight excluding hydrogens is 257 g/mol. The Morgan fingerprint density at radius 1 is 1.20 bits per heavy atom. The number of anilines is 1. The molecule has 0 amide bonds. The summed E-state index contributed by atoms with van der Waals surface area (Å²) in [7, 11) is 0. The third-order valence-electron chi connectivity index (χ3n) is 3.12. The Morgan fingerprint density at radius 2 is 2.05 bits per heavy atom. The first-order valence-corrected chi connectivity index (χ1v) is 6.09. The van der Waals surface area contributed by atoms with Gasteiger partial charge in [-0.25, -0.2) is 4.39 Å². The van der Waals surface area contributed by atoms with E-state index >= 15 is 0 Å². The van der Waals surface area contributed by atoms with Crippen LogP contribution in [0.4, 0.5) is 10.3 Å². The van der Waals surface area contributed by atoms with E-state index in [0.29, 0.717) is 22.4 Å². The summed E-state index contributed by atoms with van der Waals surface area (Å²) in [6.45, 7) is 1.70. The van der Waals surface area contributed by atoms with E-state index in [-0.39, 0.29) is 11.7 Å². The van der Waals surface area contributed by atoms with Crippen molar-refractivity contribution in [3.05, 3.63) is 54.1 Å². The lowest BCUT2D eigenvalue weighted by Crippen LogP contribution is -1.92. The van der Waals surface area contributed by atoms with Crippen LogP contribution in [-0.2, 0) is 0 Å². The van der Waals surface area contributed by atoms with E-state index in [4.69, 9.17) is 10.3 Å². The van der Waals surface area contributed by atoms with Crippen molar-refractivity contribution in [1.82, 2.24) is 10.1 Å². The third kappa shape index (κ3) is 1.93. The van der Waals surface area contributed by atoms with Crippen molar-refractivity contribution in [2.45, 2.75) is 6.92 Å². The number of aryl methyl sites for hydroxylation is 1. The first-order valence-electron chi connectivity index (χ1n) is 6.09. The van der Waals surface area contributed by atoms with Crippen LogP contribution in [0.15, 0.2) is 47.2 Å². The lowest BCUT2D eigenvalue weighted by molar-refractivity contribution is 0.439. The molecule has 0 unspecified atom stereocenters. The Labute approximate surface area is 115 Å². The van der Waals surface area contributed by atoms with Gasteiger partial charge in [-0.2, -0.15) is 0 Å². The van der Waals surface area contributed by atoms with Gasteiger partial charge in [-0.15, -0.1) is 0 Å². The van der Waals surface area contributed by atoms with Gasteiger partial charge in [-0.05, 0) is 24.6 Å². The van der Waals surface area contributed by atoms with Crippen LogP contribution in [0.2, 0.25) is 0 Å². The van der Waals surface area contributed by atoms with Gasteiger partial charge < -0.3 is 10.3 Å². The smallest absolute Gasteiger partial charge is 0.230 e. The fourth-order valence-electron chi connectivity index (χ4n) is 2.11. The van der Waals surface area contributed by atoms with Gasteiger partial charge in [-0.3, -0.25) is 4.98 Å². The van der Waals surface area contributed by atoms with E-state index in [1.54, 1.807) is 43.6 Å². The molecule has 0 aliphatic rings. The molecule has 2 heterocycles. The van der Waals surface area contributed by atoms with Gasteiger partial charge in [0, 0.05) is 23.5 Å². The molecule has 0 aliphatic heterocycles. The summed E-state index contributed by atoms with van der Waals surface area (Å²) in [6.07, 6.45) is 3.29. The van der Waals surface area contributed by atoms with Gasteiger partial charge in [0.2, 0.25) is 5.88 Å². The molecular formula is C15H12FN3O. The van der Waals surface area contributed by atoms with Gasteiger partial charge in [-0.1, -0.05) is 23.4 Å². The Kier molecular flexibility index (Phi) is 2.95. The van der Waals surface area contributed by atoms with Crippen LogP contribution in [0.25, 0.3) is 22.4 Å². The van der Waals surface area contributed by atoms with Gasteiger partial charge in [0.05, 0.1) is 5.56 Å². The molecule has 0 atom stereocenters. The van der Waals surface area contributed by atoms with Crippen LogP contribution in [0.3, 0.4) is 0 Å². The second-order valence-electron chi connectivity index (χ2n) is 4.45. The summed E-state index contributed by atoms with van der Waals surface area (Å²) in [5.41, 5.74) is 8.41. The minimum atomic E-state index is -0.328. The third-order valence-corrected chi connectivity index (χ3v) is 3.12. The van der Waals surface area contributed by atoms with Crippen LogP contribution in [0.1, 0.15) is 5.56 Å². The summed E-state index contributed by atoms with van der Waals surface area (Å²) in [4.78, 5) is 4.04. The number of hydrogen-bond donors (Lipinski definition) is 1. The SMILES string of the molecule is Cc1cccc(-c2noc(N)c2-c2cccnc2)c1F. The van der Waals surface area contributed by atoms with Crippen LogP contribution in [-0.4, -0.2) is 10.1 Å². The van der Waals surface area contributed by atoms with Crippen LogP contribution < -0.4 is 5.73 Å². The predicted octanol–water partition coefficient (Wildman–Crippen LogP) is 3.43. The topological polar surface area (TPSA) is 64.9 Å².